The number of ketones is 1. The third-order valence-electron chi connectivity index (χ3n) is 8.34. The number of Topliss-reactive ketones (excluding diaryl/α,β-unsaturated/α-hetero) is 1. The van der Waals surface area contributed by atoms with Gasteiger partial charge in [-0.3, -0.25) is 34.1 Å². The van der Waals surface area contributed by atoms with Crippen LogP contribution in [0.2, 0.25) is 0 Å². The van der Waals surface area contributed by atoms with Crippen molar-refractivity contribution in [3.8, 4) is 16.9 Å². The third kappa shape index (κ3) is 6.86. The minimum Gasteiger partial charge on any atom is -0.507 e. The molecular formula is C32H38N6O9. The number of aromatic hydroxyl groups is 1. The minimum absolute atomic E-state index is 0.0261. The van der Waals surface area contributed by atoms with E-state index < -0.39 is 71.1 Å². The number of carbonyl (C=O) groups is 6. The van der Waals surface area contributed by atoms with E-state index in [2.05, 4.69) is 26.6 Å². The third-order valence-corrected chi connectivity index (χ3v) is 8.34. The zero-order chi connectivity index (χ0) is 34.6. The Hall–Kier alpha value is -5.12. The highest BCUT2D eigenvalue weighted by Gasteiger charge is 2.56. The van der Waals surface area contributed by atoms with Gasteiger partial charge in [0.2, 0.25) is 23.5 Å². The first kappa shape index (κ1) is 34.7. The Morgan fingerprint density at radius 2 is 1.87 bits per heavy atom. The molecule has 5 amide bonds. The van der Waals surface area contributed by atoms with Gasteiger partial charge in [-0.05, 0) is 43.7 Å². The van der Waals surface area contributed by atoms with Crippen molar-refractivity contribution in [3.63, 3.8) is 0 Å². The van der Waals surface area contributed by atoms with Gasteiger partial charge >= 0.3 is 0 Å². The fraction of sp³-hybridized carbons (Fsp3) is 0.375. The quantitative estimate of drug-likeness (QED) is 0.128. The molecular weight excluding hydrogens is 612 g/mol. The van der Waals surface area contributed by atoms with E-state index in [1.807, 2.05) is 0 Å². The number of carbonyl (C=O) groups excluding carboxylic acids is 6. The molecule has 2 heterocycles. The average molecular weight is 651 g/mol. The first-order valence-electron chi connectivity index (χ1n) is 15.0. The summed E-state index contributed by atoms with van der Waals surface area (Å²) in [6.45, 7) is 4.66. The highest BCUT2D eigenvalue weighted by Crippen LogP contribution is 2.46. The zero-order valence-corrected chi connectivity index (χ0v) is 26.0. The Morgan fingerprint density at radius 3 is 2.53 bits per heavy atom. The number of primary amides is 1. The molecule has 0 saturated carbocycles. The van der Waals surface area contributed by atoms with E-state index in [1.165, 1.54) is 30.5 Å². The molecule has 0 saturated heterocycles. The number of phenols is 1. The van der Waals surface area contributed by atoms with Crippen LogP contribution in [0.1, 0.15) is 38.3 Å². The number of nitrogens with two attached hydrogens (primary N) is 1. The number of anilines is 1. The van der Waals surface area contributed by atoms with Crippen LogP contribution < -0.4 is 32.3 Å². The fourth-order valence-electron chi connectivity index (χ4n) is 5.51. The number of nitrogens with one attached hydrogen (secondary N) is 5. The van der Waals surface area contributed by atoms with Crippen molar-refractivity contribution in [1.82, 2.24) is 21.3 Å². The van der Waals surface area contributed by atoms with Gasteiger partial charge in [-0.25, -0.2) is 0 Å². The van der Waals surface area contributed by atoms with Crippen molar-refractivity contribution in [3.05, 3.63) is 59.8 Å². The number of rotatable bonds is 7. The molecule has 2 aromatic rings. The van der Waals surface area contributed by atoms with Crippen LogP contribution in [0, 0.1) is 5.92 Å². The largest absolute Gasteiger partial charge is 0.507 e. The second-order valence-electron chi connectivity index (χ2n) is 11.5. The highest BCUT2D eigenvalue weighted by molar-refractivity contribution is 6.36. The van der Waals surface area contributed by atoms with Crippen molar-refractivity contribution in [1.29, 1.82) is 0 Å². The lowest BCUT2D eigenvalue weighted by molar-refractivity contribution is -0.156. The van der Waals surface area contributed by atoms with Crippen LogP contribution in [0.25, 0.3) is 11.1 Å². The normalized spacial score (nSPS) is 25.0. The first-order chi connectivity index (χ1) is 22.2. The molecule has 47 heavy (non-hydrogen) atoms. The molecule has 2 aliphatic rings. The number of amides is 5. The topological polar surface area (TPSA) is 249 Å². The standard InChI is InChI=1S/C32H38N6O9/c1-4-11-34-28(43)23-26(41)32(47)20-8-6-7-18(22(20)38-31(32)46)19-13-16(9-10-21(19)39)12-17(36-30(45)25(40)15(3)5-2)14-35-24(27(33)42)29(44)37-23/h4,6-11,13,15,17,23-24,26,35,39,41,47H,5,12,14H2,1-3H3,(H2,33,42)(H,34,43)(H,36,45)(H,37,44)(H,38,46)/b11-4-/t15?,17-,23-,24-,26+,32+/m0/s1. The van der Waals surface area contributed by atoms with Gasteiger partial charge in [0.1, 0.15) is 17.9 Å². The summed E-state index contributed by atoms with van der Waals surface area (Å²) < 4.78 is 0. The Balaban J connectivity index is 1.89. The molecule has 0 spiro atoms. The van der Waals surface area contributed by atoms with E-state index in [4.69, 9.17) is 5.73 Å². The molecule has 10 N–H and O–H groups in total. The average Bonchev–Trinajstić information content (AvgIpc) is 3.31. The second kappa shape index (κ2) is 14.1. The Bertz CT molecular complexity index is 1640. The predicted octanol–water partition coefficient (Wildman–Crippen LogP) is -1.21. The molecule has 4 rings (SSSR count). The van der Waals surface area contributed by atoms with Crippen LogP contribution in [-0.2, 0) is 40.8 Å². The van der Waals surface area contributed by atoms with Crippen LogP contribution in [0.4, 0.5) is 5.69 Å². The van der Waals surface area contributed by atoms with Crippen LogP contribution in [-0.4, -0.2) is 81.4 Å². The Kier molecular flexibility index (Phi) is 10.4. The summed E-state index contributed by atoms with van der Waals surface area (Å²) in [5, 5.41) is 46.5. The van der Waals surface area contributed by atoms with E-state index in [-0.39, 0.29) is 41.1 Å². The number of allylic oxidation sites excluding steroid dienone is 1. The van der Waals surface area contributed by atoms with Crippen molar-refractivity contribution in [2.24, 2.45) is 11.7 Å². The summed E-state index contributed by atoms with van der Waals surface area (Å²) in [5.74, 6) is -6.86. The van der Waals surface area contributed by atoms with E-state index >= 15 is 0 Å². The van der Waals surface area contributed by atoms with Gasteiger partial charge in [0.05, 0.1) is 5.69 Å². The van der Waals surface area contributed by atoms with Gasteiger partial charge in [-0.15, -0.1) is 0 Å². The molecule has 2 aliphatic heterocycles. The summed E-state index contributed by atoms with van der Waals surface area (Å²) in [6.07, 6.45) is 0.772. The molecule has 0 radical (unpaired) electrons. The molecule has 2 aromatic carbocycles. The summed E-state index contributed by atoms with van der Waals surface area (Å²) in [7, 11) is 0. The summed E-state index contributed by atoms with van der Waals surface area (Å²) in [4.78, 5) is 78.1. The molecule has 0 aliphatic carbocycles. The lowest BCUT2D eigenvalue weighted by Gasteiger charge is -2.33. The van der Waals surface area contributed by atoms with E-state index in [1.54, 1.807) is 39.0 Å². The predicted molar refractivity (Wildman–Crippen MR) is 168 cm³/mol. The molecule has 15 heteroatoms. The van der Waals surface area contributed by atoms with E-state index in [0.717, 1.165) is 0 Å². The second-order valence-corrected chi connectivity index (χ2v) is 11.5. The molecule has 15 nitrogen and oxygen atoms in total. The van der Waals surface area contributed by atoms with Crippen molar-refractivity contribution >= 4 is 41.0 Å². The number of hydrogen-bond acceptors (Lipinski definition) is 10. The van der Waals surface area contributed by atoms with Gasteiger partial charge in [0, 0.05) is 35.2 Å². The molecule has 250 valence electrons. The number of aliphatic hydroxyl groups excluding tert-OH is 1. The molecule has 6 bridgehead atoms. The van der Waals surface area contributed by atoms with Crippen LogP contribution >= 0.6 is 0 Å². The Morgan fingerprint density at radius 1 is 1.15 bits per heavy atom. The number of hydrogen-bond donors (Lipinski definition) is 9. The zero-order valence-electron chi connectivity index (χ0n) is 26.0. The maximum absolute atomic E-state index is 13.5. The van der Waals surface area contributed by atoms with Crippen LogP contribution in [0.5, 0.6) is 5.75 Å². The lowest BCUT2D eigenvalue weighted by atomic mass is 9.83. The van der Waals surface area contributed by atoms with Gasteiger partial charge < -0.3 is 42.3 Å². The molecule has 1 unspecified atom stereocenters. The monoisotopic (exact) mass is 650 g/mol. The molecule has 0 fully saturated rings. The van der Waals surface area contributed by atoms with Crippen LogP contribution in [0.15, 0.2) is 48.7 Å². The number of benzene rings is 2. The van der Waals surface area contributed by atoms with Crippen LogP contribution in [0.3, 0.4) is 0 Å². The van der Waals surface area contributed by atoms with Crippen molar-refractivity contribution < 1.29 is 44.1 Å². The smallest absolute Gasteiger partial charge is 0.287 e. The van der Waals surface area contributed by atoms with E-state index in [0.29, 0.717) is 12.0 Å². The summed E-state index contributed by atoms with van der Waals surface area (Å²) in [6, 6.07) is 4.11. The van der Waals surface area contributed by atoms with Gasteiger partial charge in [-0.2, -0.15) is 0 Å². The SMILES string of the molecule is C/C=C\NC(=O)[C@H]1NC(=O)[C@H](C(N)=O)NC[C@@H](NC(=O)C(=O)C(C)CC)Cc2ccc(O)c(c2)-c2cccc3c2NC(=O)[C@]3(O)[C@@H]1O. The first-order valence-corrected chi connectivity index (χ1v) is 15.0. The van der Waals surface area contributed by atoms with Crippen molar-refractivity contribution in [2.45, 2.75) is 63.4 Å². The summed E-state index contributed by atoms with van der Waals surface area (Å²) >= 11 is 0. The van der Waals surface area contributed by atoms with Gasteiger partial charge in [0.15, 0.2) is 11.6 Å². The fourth-order valence-corrected chi connectivity index (χ4v) is 5.51. The maximum atomic E-state index is 13.5. The number of phenolic OH excluding ortho intramolecular Hbond substituents is 1. The minimum atomic E-state index is -2.78. The van der Waals surface area contributed by atoms with E-state index in [9.17, 15) is 44.1 Å². The number of aliphatic hydroxyl groups is 2. The van der Waals surface area contributed by atoms with Gasteiger partial charge in [-0.1, -0.05) is 44.2 Å². The van der Waals surface area contributed by atoms with Crippen molar-refractivity contribution in [2.75, 3.05) is 11.9 Å². The number of para-hydroxylation sites is 1. The Labute approximate surface area is 270 Å². The molecule has 0 aromatic heterocycles. The number of fused-ring (bicyclic) bond motifs is 3. The molecule has 6 atom stereocenters. The summed E-state index contributed by atoms with van der Waals surface area (Å²) in [5.41, 5.74) is 3.62. The highest BCUT2D eigenvalue weighted by atomic mass is 16.4. The maximum Gasteiger partial charge on any atom is 0.287 e. The lowest BCUT2D eigenvalue weighted by Crippen LogP contribution is -2.64. The van der Waals surface area contributed by atoms with Gasteiger partial charge in [0.25, 0.3) is 11.8 Å².